The Labute approximate surface area is 79.8 Å². The molecule has 1 heteroatoms. The molecule has 0 saturated carbocycles. The van der Waals surface area contributed by atoms with Crippen molar-refractivity contribution < 1.29 is 4.79 Å². The summed E-state index contributed by atoms with van der Waals surface area (Å²) in [6.45, 7) is 6.14. The molecule has 1 unspecified atom stereocenters. The summed E-state index contributed by atoms with van der Waals surface area (Å²) >= 11 is 0. The first-order valence-electron chi connectivity index (χ1n) is 4.74. The maximum absolute atomic E-state index is 10.7. The maximum Gasteiger partial charge on any atom is 0.127 e. The van der Waals surface area contributed by atoms with Gasteiger partial charge in [0.15, 0.2) is 0 Å². The van der Waals surface area contributed by atoms with Gasteiger partial charge in [-0.25, -0.2) is 0 Å². The third-order valence-electron chi connectivity index (χ3n) is 2.45. The van der Waals surface area contributed by atoms with E-state index in [4.69, 9.17) is 0 Å². The second kappa shape index (κ2) is 4.22. The van der Waals surface area contributed by atoms with Crippen molar-refractivity contribution in [2.24, 2.45) is 0 Å². The molecule has 1 rings (SSSR count). The van der Waals surface area contributed by atoms with E-state index in [1.165, 1.54) is 16.7 Å². The topological polar surface area (TPSA) is 17.1 Å². The van der Waals surface area contributed by atoms with Crippen LogP contribution in [0.5, 0.6) is 0 Å². The highest BCUT2D eigenvalue weighted by molar-refractivity contribution is 5.63. The molecular weight excluding hydrogens is 160 g/mol. The Hall–Kier alpha value is -1.11. The van der Waals surface area contributed by atoms with Crippen LogP contribution in [0.2, 0.25) is 0 Å². The molecule has 0 aromatic heterocycles. The zero-order valence-electron chi connectivity index (χ0n) is 8.50. The molecule has 0 saturated heterocycles. The Kier molecular flexibility index (Phi) is 3.24. The first-order chi connectivity index (χ1) is 6.20. The van der Waals surface area contributed by atoms with E-state index in [1.807, 2.05) is 6.92 Å². The lowest BCUT2D eigenvalue weighted by Crippen LogP contribution is -2.02. The van der Waals surface area contributed by atoms with Crippen LogP contribution in [0, 0.1) is 6.92 Å². The monoisotopic (exact) mass is 176 g/mol. The van der Waals surface area contributed by atoms with Gasteiger partial charge >= 0.3 is 0 Å². The SMILES string of the molecule is CCc1cccc(C)c1C(C)C=O. The van der Waals surface area contributed by atoms with Crippen molar-refractivity contribution >= 4 is 6.29 Å². The van der Waals surface area contributed by atoms with Gasteiger partial charge in [0.25, 0.3) is 0 Å². The van der Waals surface area contributed by atoms with E-state index in [1.54, 1.807) is 0 Å². The highest BCUT2D eigenvalue weighted by atomic mass is 16.1. The fraction of sp³-hybridized carbons (Fsp3) is 0.417. The molecule has 0 bridgehead atoms. The van der Waals surface area contributed by atoms with E-state index in [2.05, 4.69) is 32.0 Å². The Bertz CT molecular complexity index is 302. The van der Waals surface area contributed by atoms with Crippen molar-refractivity contribution in [1.29, 1.82) is 0 Å². The molecule has 1 nitrogen and oxygen atoms in total. The summed E-state index contributed by atoms with van der Waals surface area (Å²) in [7, 11) is 0. The van der Waals surface area contributed by atoms with Crippen molar-refractivity contribution in [2.45, 2.75) is 33.1 Å². The maximum atomic E-state index is 10.7. The molecule has 0 aliphatic heterocycles. The molecule has 0 spiro atoms. The first kappa shape index (κ1) is 9.97. The van der Waals surface area contributed by atoms with Crippen molar-refractivity contribution in [3.8, 4) is 0 Å². The van der Waals surface area contributed by atoms with E-state index in [-0.39, 0.29) is 5.92 Å². The molecular formula is C12H16O. The summed E-state index contributed by atoms with van der Waals surface area (Å²) in [5.74, 6) is 0.0242. The minimum absolute atomic E-state index is 0.0242. The van der Waals surface area contributed by atoms with Gasteiger partial charge < -0.3 is 4.79 Å². The molecule has 13 heavy (non-hydrogen) atoms. The molecule has 0 radical (unpaired) electrons. The van der Waals surface area contributed by atoms with Crippen molar-refractivity contribution in [3.63, 3.8) is 0 Å². The van der Waals surface area contributed by atoms with Gasteiger partial charge in [0.05, 0.1) is 0 Å². The van der Waals surface area contributed by atoms with Gasteiger partial charge in [-0.1, -0.05) is 32.0 Å². The Morgan fingerprint density at radius 3 is 2.69 bits per heavy atom. The summed E-state index contributed by atoms with van der Waals surface area (Å²) in [4.78, 5) is 10.7. The molecule has 0 fully saturated rings. The van der Waals surface area contributed by atoms with E-state index in [0.29, 0.717) is 0 Å². The highest BCUT2D eigenvalue weighted by Crippen LogP contribution is 2.22. The summed E-state index contributed by atoms with van der Waals surface area (Å²) in [5, 5.41) is 0. The van der Waals surface area contributed by atoms with Gasteiger partial charge in [-0.3, -0.25) is 0 Å². The Morgan fingerprint density at radius 2 is 2.15 bits per heavy atom. The van der Waals surface area contributed by atoms with Crippen LogP contribution in [0.1, 0.15) is 36.5 Å². The van der Waals surface area contributed by atoms with Crippen LogP contribution in [-0.2, 0) is 11.2 Å². The summed E-state index contributed by atoms with van der Waals surface area (Å²) in [5.41, 5.74) is 3.72. The smallest absolute Gasteiger partial charge is 0.127 e. The van der Waals surface area contributed by atoms with Crippen molar-refractivity contribution in [1.82, 2.24) is 0 Å². The molecule has 0 aliphatic rings. The van der Waals surface area contributed by atoms with Gasteiger partial charge in [-0.2, -0.15) is 0 Å². The van der Waals surface area contributed by atoms with Crippen LogP contribution in [0.3, 0.4) is 0 Å². The molecule has 0 aliphatic carbocycles. The number of rotatable bonds is 3. The normalized spacial score (nSPS) is 12.5. The molecule has 1 aromatic rings. The van der Waals surface area contributed by atoms with Gasteiger partial charge in [0.1, 0.15) is 6.29 Å². The highest BCUT2D eigenvalue weighted by Gasteiger charge is 2.10. The number of aldehydes is 1. The minimum Gasteiger partial charge on any atom is -0.303 e. The standard InChI is InChI=1S/C12H16O/c1-4-11-7-5-6-9(2)12(11)10(3)8-13/h5-8,10H,4H2,1-3H3. The average molecular weight is 176 g/mol. The third kappa shape index (κ3) is 1.97. The average Bonchev–Trinajstić information content (AvgIpc) is 2.16. The lowest BCUT2D eigenvalue weighted by Gasteiger charge is -2.13. The second-order valence-corrected chi connectivity index (χ2v) is 3.43. The zero-order chi connectivity index (χ0) is 9.84. The summed E-state index contributed by atoms with van der Waals surface area (Å²) < 4.78 is 0. The summed E-state index contributed by atoms with van der Waals surface area (Å²) in [6, 6.07) is 6.21. The first-order valence-corrected chi connectivity index (χ1v) is 4.74. The van der Waals surface area contributed by atoms with Gasteiger partial charge in [0.2, 0.25) is 0 Å². The van der Waals surface area contributed by atoms with Crippen LogP contribution in [0.4, 0.5) is 0 Å². The zero-order valence-corrected chi connectivity index (χ0v) is 8.50. The van der Waals surface area contributed by atoms with Crippen LogP contribution >= 0.6 is 0 Å². The molecule has 70 valence electrons. The van der Waals surface area contributed by atoms with Crippen LogP contribution in [0.25, 0.3) is 0 Å². The van der Waals surface area contributed by atoms with E-state index in [0.717, 1.165) is 12.7 Å². The van der Waals surface area contributed by atoms with Gasteiger partial charge in [-0.05, 0) is 30.0 Å². The number of benzene rings is 1. The fourth-order valence-electron chi connectivity index (χ4n) is 1.77. The molecule has 0 N–H and O–H groups in total. The largest absolute Gasteiger partial charge is 0.303 e. The van der Waals surface area contributed by atoms with Gasteiger partial charge in [-0.15, -0.1) is 0 Å². The fourth-order valence-corrected chi connectivity index (χ4v) is 1.77. The predicted molar refractivity (Wildman–Crippen MR) is 55.0 cm³/mol. The Balaban J connectivity index is 3.22. The number of carbonyl (C=O) groups excluding carboxylic acids is 1. The second-order valence-electron chi connectivity index (χ2n) is 3.43. The van der Waals surface area contributed by atoms with Crippen molar-refractivity contribution in [3.05, 3.63) is 34.9 Å². The lowest BCUT2D eigenvalue weighted by atomic mass is 9.91. The number of carbonyl (C=O) groups is 1. The number of hydrogen-bond donors (Lipinski definition) is 0. The van der Waals surface area contributed by atoms with E-state index in [9.17, 15) is 4.79 Å². The number of hydrogen-bond acceptors (Lipinski definition) is 1. The molecule has 0 heterocycles. The molecule has 0 amide bonds. The summed E-state index contributed by atoms with van der Waals surface area (Å²) in [6.07, 6.45) is 2.01. The minimum atomic E-state index is 0.0242. The van der Waals surface area contributed by atoms with Crippen LogP contribution in [-0.4, -0.2) is 6.29 Å². The third-order valence-corrected chi connectivity index (χ3v) is 2.45. The molecule has 1 atom stereocenters. The predicted octanol–water partition coefficient (Wildman–Crippen LogP) is 2.86. The van der Waals surface area contributed by atoms with Crippen LogP contribution in [0.15, 0.2) is 18.2 Å². The number of aryl methyl sites for hydroxylation is 2. The molecule has 1 aromatic carbocycles. The Morgan fingerprint density at radius 1 is 1.46 bits per heavy atom. The van der Waals surface area contributed by atoms with Crippen molar-refractivity contribution in [2.75, 3.05) is 0 Å². The quantitative estimate of drug-likeness (QED) is 0.647. The van der Waals surface area contributed by atoms with Crippen LogP contribution < -0.4 is 0 Å². The van der Waals surface area contributed by atoms with E-state index >= 15 is 0 Å². The van der Waals surface area contributed by atoms with Gasteiger partial charge in [0, 0.05) is 5.92 Å². The van der Waals surface area contributed by atoms with E-state index < -0.39 is 0 Å². The lowest BCUT2D eigenvalue weighted by molar-refractivity contribution is -0.108.